The second-order valence-corrected chi connectivity index (χ2v) is 14.7. The van der Waals surface area contributed by atoms with Crippen LogP contribution >= 0.6 is 0 Å². The van der Waals surface area contributed by atoms with Crippen LogP contribution < -0.4 is 20.7 Å². The maximum absolute atomic E-state index is 16.4. The van der Waals surface area contributed by atoms with E-state index < -0.39 is 54.0 Å². The van der Waals surface area contributed by atoms with Crippen molar-refractivity contribution in [1.29, 1.82) is 0 Å². The number of nitrogens with two attached hydrogens (primary N) is 1. The summed E-state index contributed by atoms with van der Waals surface area (Å²) in [6.07, 6.45) is 2.83. The number of anilines is 2. The van der Waals surface area contributed by atoms with Gasteiger partial charge in [0.25, 0.3) is 11.8 Å². The molecule has 21 heteroatoms. The summed E-state index contributed by atoms with van der Waals surface area (Å²) < 4.78 is 55.8. The Morgan fingerprint density at radius 2 is 1.59 bits per heavy atom. The lowest BCUT2D eigenvalue weighted by molar-refractivity contribution is -0.192. The number of nitrogens with zero attached hydrogens (tertiary/aromatic N) is 8. The molecular weight excluding hydrogens is 833 g/mol. The van der Waals surface area contributed by atoms with E-state index in [2.05, 4.69) is 15.3 Å². The van der Waals surface area contributed by atoms with Crippen LogP contribution in [0.2, 0.25) is 0 Å². The van der Waals surface area contributed by atoms with Gasteiger partial charge in [0, 0.05) is 36.6 Å². The first-order valence-electron chi connectivity index (χ1n) is 19.4. The lowest BCUT2D eigenvalue weighted by atomic mass is 10.0. The maximum Gasteiger partial charge on any atom is 0.490 e. The van der Waals surface area contributed by atoms with Crippen molar-refractivity contribution in [3.8, 4) is 22.8 Å². The molecule has 0 bridgehead atoms. The molecular formula is C42H36F4N10O7. The lowest BCUT2D eigenvalue weighted by Crippen LogP contribution is -2.54. The van der Waals surface area contributed by atoms with Gasteiger partial charge < -0.3 is 20.5 Å². The topological polar surface area (TPSA) is 209 Å². The standard InChI is InChI=1S/C40H35FN10O5.C2HF3O2/c41-30-21-48(49-18-5-4-17-47(23-49)25-10-13-28-29(20-25)40(55)50(39(28)54)32-14-15-33(52)45-38(32)53)19-16-31(30)51-37-34(36(42)43-22-44-37)35(46-51)24-8-11-27(12-9-24)56-26-6-2-1-3-7-26;3-2(4,5)1(6)7/h1-13,17-18,20,22,30-32H,14-16,19,21,23H2,(H2,42,43,44)(H,45,52,53);(H,6,7). The van der Waals surface area contributed by atoms with Crippen LogP contribution in [0, 0.1) is 0 Å². The number of nitrogen functional groups attached to an aromatic ring is 1. The number of carbonyl (C=O) groups is 5. The van der Waals surface area contributed by atoms with Gasteiger partial charge in [0.2, 0.25) is 11.8 Å². The Labute approximate surface area is 354 Å². The number of benzene rings is 3. The number of ether oxygens (including phenoxy) is 1. The molecule has 0 aliphatic carbocycles. The molecule has 9 rings (SSSR count). The van der Waals surface area contributed by atoms with Crippen LogP contribution in [0.15, 0.2) is 104 Å². The molecule has 324 valence electrons. The number of alkyl halides is 4. The summed E-state index contributed by atoms with van der Waals surface area (Å²) in [6.45, 7) is 0.832. The molecule has 6 heterocycles. The maximum atomic E-state index is 16.4. The van der Waals surface area contributed by atoms with Crippen LogP contribution in [0.1, 0.15) is 46.0 Å². The van der Waals surface area contributed by atoms with Gasteiger partial charge in [0.05, 0.1) is 29.1 Å². The number of amides is 4. The number of hydrogen-bond acceptors (Lipinski definition) is 13. The van der Waals surface area contributed by atoms with E-state index in [1.807, 2.05) is 94.1 Å². The number of hydrogen-bond donors (Lipinski definition) is 3. The van der Waals surface area contributed by atoms with Gasteiger partial charge in [-0.05, 0) is 79.6 Å². The summed E-state index contributed by atoms with van der Waals surface area (Å²) in [5.74, 6) is -3.41. The molecule has 4 aliphatic heterocycles. The number of imide groups is 2. The molecule has 2 aromatic heterocycles. The number of allylic oxidation sites excluding steroid dienone is 2. The molecule has 17 nitrogen and oxygen atoms in total. The van der Waals surface area contributed by atoms with Crippen molar-refractivity contribution in [3.63, 3.8) is 0 Å². The van der Waals surface area contributed by atoms with Crippen molar-refractivity contribution in [2.24, 2.45) is 0 Å². The lowest BCUT2D eigenvalue weighted by Gasteiger charge is -2.42. The summed E-state index contributed by atoms with van der Waals surface area (Å²) in [6, 6.07) is 20.1. The quantitative estimate of drug-likeness (QED) is 0.142. The highest BCUT2D eigenvalue weighted by Crippen LogP contribution is 2.37. The van der Waals surface area contributed by atoms with Crippen molar-refractivity contribution < 1.29 is 51.4 Å². The number of carbonyl (C=O) groups excluding carboxylic acids is 4. The smallest absolute Gasteiger partial charge is 0.475 e. The van der Waals surface area contributed by atoms with Crippen molar-refractivity contribution in [2.45, 2.75) is 43.7 Å². The fourth-order valence-corrected chi connectivity index (χ4v) is 7.66. The van der Waals surface area contributed by atoms with E-state index in [9.17, 15) is 32.3 Å². The second-order valence-electron chi connectivity index (χ2n) is 14.7. The number of piperidine rings is 2. The number of halogens is 4. The molecule has 0 radical (unpaired) electrons. The van der Waals surface area contributed by atoms with Crippen LogP contribution in [-0.2, 0) is 14.4 Å². The third kappa shape index (κ3) is 8.49. The molecule has 2 fully saturated rings. The molecule has 5 aromatic rings. The average molecular weight is 869 g/mol. The number of aromatic nitrogens is 4. The van der Waals surface area contributed by atoms with Gasteiger partial charge in [-0.25, -0.2) is 28.8 Å². The Morgan fingerprint density at radius 1 is 0.889 bits per heavy atom. The zero-order valence-corrected chi connectivity index (χ0v) is 32.9. The van der Waals surface area contributed by atoms with E-state index in [-0.39, 0.29) is 43.0 Å². The van der Waals surface area contributed by atoms with Gasteiger partial charge in [-0.3, -0.25) is 34.4 Å². The van der Waals surface area contributed by atoms with E-state index in [4.69, 9.17) is 25.5 Å². The second kappa shape index (κ2) is 17.0. The van der Waals surface area contributed by atoms with Crippen LogP contribution in [0.5, 0.6) is 11.5 Å². The number of hydrazine groups is 1. The Balaban J connectivity index is 0.000000719. The van der Waals surface area contributed by atoms with Crippen LogP contribution in [0.3, 0.4) is 0 Å². The molecule has 4 N–H and O–H groups in total. The molecule has 4 aliphatic rings. The SMILES string of the molecule is Nc1ncnc2c1c(-c1ccc(Oc3ccccc3)cc1)nn2C1CCN(N2C=CC=CN(c3ccc4c(c3)C(=O)N(C3CCC(=O)NC3=O)C4=O)C2)CC1F.O=C(O)C(F)(F)F. The Morgan fingerprint density at radius 3 is 2.29 bits per heavy atom. The van der Waals surface area contributed by atoms with E-state index in [0.29, 0.717) is 46.9 Å². The number of fused-ring (bicyclic) bond motifs is 2. The molecule has 0 spiro atoms. The van der Waals surface area contributed by atoms with Crippen molar-refractivity contribution in [2.75, 3.05) is 30.4 Å². The zero-order chi connectivity index (χ0) is 44.6. The number of aliphatic carboxylic acids is 1. The van der Waals surface area contributed by atoms with Gasteiger partial charge in [-0.2, -0.15) is 18.3 Å². The molecule has 2 saturated heterocycles. The molecule has 3 unspecified atom stereocenters. The first kappa shape index (κ1) is 42.0. The van der Waals surface area contributed by atoms with E-state index in [0.717, 1.165) is 10.5 Å². The summed E-state index contributed by atoms with van der Waals surface area (Å²) in [7, 11) is 0. The van der Waals surface area contributed by atoms with Gasteiger partial charge >= 0.3 is 12.1 Å². The summed E-state index contributed by atoms with van der Waals surface area (Å²) in [5, 5.41) is 18.6. The summed E-state index contributed by atoms with van der Waals surface area (Å²) in [4.78, 5) is 71.4. The van der Waals surface area contributed by atoms with Crippen LogP contribution in [0.25, 0.3) is 22.3 Å². The number of para-hydroxylation sites is 1. The molecule has 0 saturated carbocycles. The van der Waals surface area contributed by atoms with Gasteiger partial charge in [0.15, 0.2) is 5.65 Å². The van der Waals surface area contributed by atoms with E-state index in [1.165, 1.54) is 6.33 Å². The Bertz CT molecular complexity index is 2670. The van der Waals surface area contributed by atoms with Crippen LogP contribution in [-0.4, -0.2) is 108 Å². The fraction of sp³-hybridized carbons (Fsp3) is 0.238. The first-order valence-corrected chi connectivity index (χ1v) is 19.4. The number of carboxylic acids is 1. The summed E-state index contributed by atoms with van der Waals surface area (Å²) >= 11 is 0. The third-order valence-electron chi connectivity index (χ3n) is 10.7. The highest BCUT2D eigenvalue weighted by Gasteiger charge is 2.45. The number of nitrogens with one attached hydrogen (secondary N) is 1. The number of rotatable bonds is 7. The van der Waals surface area contributed by atoms with Crippen molar-refractivity contribution in [1.82, 2.24) is 40.0 Å². The molecule has 3 aromatic carbocycles. The fourth-order valence-electron chi connectivity index (χ4n) is 7.66. The normalized spacial score (nSPS) is 20.3. The van der Waals surface area contributed by atoms with Gasteiger partial charge in [-0.15, -0.1) is 0 Å². The zero-order valence-electron chi connectivity index (χ0n) is 32.9. The highest BCUT2D eigenvalue weighted by molar-refractivity contribution is 6.23. The van der Waals surface area contributed by atoms with Gasteiger partial charge in [0.1, 0.15) is 48.2 Å². The minimum absolute atomic E-state index is 0.0382. The molecule has 3 atom stereocenters. The Hall–Kier alpha value is -7.68. The van der Waals surface area contributed by atoms with Crippen molar-refractivity contribution in [3.05, 3.63) is 115 Å². The van der Waals surface area contributed by atoms with Gasteiger partial charge in [-0.1, -0.05) is 18.2 Å². The monoisotopic (exact) mass is 868 g/mol. The molecule has 63 heavy (non-hydrogen) atoms. The number of carboxylic acid groups (broad SMARTS) is 1. The molecule has 4 amide bonds. The highest BCUT2D eigenvalue weighted by atomic mass is 19.4. The average Bonchev–Trinajstić information content (AvgIpc) is 3.63. The summed E-state index contributed by atoms with van der Waals surface area (Å²) in [5.41, 5.74) is 9.11. The van der Waals surface area contributed by atoms with Crippen molar-refractivity contribution >= 4 is 52.1 Å². The Kier molecular flexibility index (Phi) is 11.3. The minimum Gasteiger partial charge on any atom is -0.475 e. The van der Waals surface area contributed by atoms with E-state index >= 15 is 4.39 Å². The predicted molar refractivity (Wildman–Crippen MR) is 216 cm³/mol. The largest absolute Gasteiger partial charge is 0.490 e. The van der Waals surface area contributed by atoms with E-state index in [1.54, 1.807) is 22.9 Å². The predicted octanol–water partition coefficient (Wildman–Crippen LogP) is 5.21. The third-order valence-corrected chi connectivity index (χ3v) is 10.7. The first-order chi connectivity index (χ1) is 30.2. The minimum atomic E-state index is -5.08. The van der Waals surface area contributed by atoms with Crippen LogP contribution in [0.4, 0.5) is 29.1 Å².